The summed E-state index contributed by atoms with van der Waals surface area (Å²) in [5.41, 5.74) is 1.23. The van der Waals surface area contributed by atoms with E-state index in [1.54, 1.807) is 0 Å². The van der Waals surface area contributed by atoms with E-state index in [9.17, 15) is 14.4 Å². The standard InChI is InChI=1S/C26H38N2O5/c1-26(2,3)14-10-6-9-13-22(32-4)24(30)28-18-23(29)27-17-21-16-20(25(31)33-21)15-19-11-7-5-8-12-19/h5,7-8,10-12,14,20-22H,6,9,13,15-18H2,1-4H3,(H,27,29)(H,28,30)/b14-10+. The summed E-state index contributed by atoms with van der Waals surface area (Å²) in [5.74, 6) is -1.06. The molecule has 1 aromatic rings. The van der Waals surface area contributed by atoms with E-state index in [1.807, 2.05) is 30.3 Å². The number of ether oxygens (including phenoxy) is 2. The Morgan fingerprint density at radius 3 is 2.61 bits per heavy atom. The Labute approximate surface area is 197 Å². The van der Waals surface area contributed by atoms with Gasteiger partial charge in [0, 0.05) is 7.11 Å². The van der Waals surface area contributed by atoms with Crippen molar-refractivity contribution in [3.05, 3.63) is 48.0 Å². The second-order valence-electron chi connectivity index (χ2n) is 9.63. The molecule has 33 heavy (non-hydrogen) atoms. The van der Waals surface area contributed by atoms with E-state index in [1.165, 1.54) is 7.11 Å². The number of carbonyl (C=O) groups excluding carboxylic acids is 3. The number of hydrogen-bond acceptors (Lipinski definition) is 5. The van der Waals surface area contributed by atoms with Gasteiger partial charge < -0.3 is 20.1 Å². The van der Waals surface area contributed by atoms with E-state index in [0.29, 0.717) is 19.3 Å². The van der Waals surface area contributed by atoms with Crippen LogP contribution in [0.25, 0.3) is 0 Å². The van der Waals surface area contributed by atoms with Crippen LogP contribution < -0.4 is 10.6 Å². The first-order chi connectivity index (χ1) is 15.7. The van der Waals surface area contributed by atoms with Crippen molar-refractivity contribution in [3.8, 4) is 0 Å². The molecule has 7 nitrogen and oxygen atoms in total. The third kappa shape index (κ3) is 10.2. The summed E-state index contributed by atoms with van der Waals surface area (Å²) >= 11 is 0. The van der Waals surface area contributed by atoms with Crippen LogP contribution in [0.3, 0.4) is 0 Å². The molecule has 0 aromatic heterocycles. The summed E-state index contributed by atoms with van der Waals surface area (Å²) in [6.07, 6.45) is 6.81. The summed E-state index contributed by atoms with van der Waals surface area (Å²) in [6.45, 7) is 6.51. The van der Waals surface area contributed by atoms with Gasteiger partial charge in [0.2, 0.25) is 11.8 Å². The Morgan fingerprint density at radius 1 is 1.21 bits per heavy atom. The van der Waals surface area contributed by atoms with Crippen LogP contribution in [0.5, 0.6) is 0 Å². The Morgan fingerprint density at radius 2 is 1.94 bits per heavy atom. The largest absolute Gasteiger partial charge is 0.460 e. The van der Waals surface area contributed by atoms with Gasteiger partial charge in [-0.25, -0.2) is 0 Å². The van der Waals surface area contributed by atoms with Gasteiger partial charge in [0.15, 0.2) is 0 Å². The van der Waals surface area contributed by atoms with Crippen molar-refractivity contribution >= 4 is 17.8 Å². The zero-order chi connectivity index (χ0) is 24.3. The Hall–Kier alpha value is -2.67. The highest BCUT2D eigenvalue weighted by atomic mass is 16.6. The van der Waals surface area contributed by atoms with Crippen molar-refractivity contribution in [2.75, 3.05) is 20.2 Å². The summed E-state index contributed by atoms with van der Waals surface area (Å²) in [4.78, 5) is 36.6. The maximum Gasteiger partial charge on any atom is 0.309 e. The summed E-state index contributed by atoms with van der Waals surface area (Å²) in [5, 5.41) is 5.36. The van der Waals surface area contributed by atoms with Gasteiger partial charge in [-0.15, -0.1) is 0 Å². The maximum atomic E-state index is 12.3. The summed E-state index contributed by atoms with van der Waals surface area (Å²) < 4.78 is 10.7. The highest BCUT2D eigenvalue weighted by Crippen LogP contribution is 2.24. The molecule has 0 saturated carbocycles. The predicted octanol–water partition coefficient (Wildman–Crippen LogP) is 3.18. The summed E-state index contributed by atoms with van der Waals surface area (Å²) in [7, 11) is 1.50. The molecule has 0 spiro atoms. The molecule has 1 aliphatic heterocycles. The smallest absolute Gasteiger partial charge is 0.309 e. The third-order valence-electron chi connectivity index (χ3n) is 5.47. The van der Waals surface area contributed by atoms with Crippen molar-refractivity contribution in [1.82, 2.24) is 10.6 Å². The van der Waals surface area contributed by atoms with Crippen molar-refractivity contribution < 1.29 is 23.9 Å². The number of cyclic esters (lactones) is 1. The van der Waals surface area contributed by atoms with Gasteiger partial charge in [0.1, 0.15) is 12.2 Å². The molecule has 0 bridgehead atoms. The van der Waals surface area contributed by atoms with E-state index in [0.717, 1.165) is 18.4 Å². The minimum atomic E-state index is -0.588. The fraction of sp³-hybridized carbons (Fsp3) is 0.577. The SMILES string of the molecule is COC(CCC/C=C/C(C)(C)C)C(=O)NCC(=O)NCC1CC(Cc2ccccc2)C(=O)O1. The van der Waals surface area contributed by atoms with Crippen LogP contribution in [-0.2, 0) is 30.3 Å². The van der Waals surface area contributed by atoms with Gasteiger partial charge >= 0.3 is 5.97 Å². The van der Waals surface area contributed by atoms with Crippen LogP contribution in [-0.4, -0.2) is 50.2 Å². The number of nitrogens with one attached hydrogen (secondary N) is 2. The van der Waals surface area contributed by atoms with E-state index in [4.69, 9.17) is 9.47 Å². The number of hydrogen-bond donors (Lipinski definition) is 2. The van der Waals surface area contributed by atoms with Gasteiger partial charge in [-0.3, -0.25) is 14.4 Å². The van der Waals surface area contributed by atoms with E-state index >= 15 is 0 Å². The average molecular weight is 459 g/mol. The van der Waals surface area contributed by atoms with Gasteiger partial charge in [0.05, 0.1) is 19.0 Å². The van der Waals surface area contributed by atoms with Gasteiger partial charge in [-0.2, -0.15) is 0 Å². The zero-order valence-electron chi connectivity index (χ0n) is 20.3. The first-order valence-corrected chi connectivity index (χ1v) is 11.7. The molecule has 1 fully saturated rings. The number of rotatable bonds is 12. The van der Waals surface area contributed by atoms with Gasteiger partial charge in [0.25, 0.3) is 0 Å². The second-order valence-corrected chi connectivity index (χ2v) is 9.63. The predicted molar refractivity (Wildman–Crippen MR) is 127 cm³/mol. The molecule has 0 radical (unpaired) electrons. The van der Waals surface area contributed by atoms with E-state index in [2.05, 4.69) is 43.6 Å². The van der Waals surface area contributed by atoms with Gasteiger partial charge in [-0.05, 0) is 43.1 Å². The molecule has 2 rings (SSSR count). The quantitative estimate of drug-likeness (QED) is 0.285. The number of allylic oxidation sites excluding steroid dienone is 2. The van der Waals surface area contributed by atoms with Crippen LogP contribution in [0.15, 0.2) is 42.5 Å². The number of carbonyl (C=O) groups is 3. The molecule has 3 unspecified atom stereocenters. The summed E-state index contributed by atoms with van der Waals surface area (Å²) in [6, 6.07) is 9.80. The normalized spacial score (nSPS) is 19.3. The topological polar surface area (TPSA) is 93.7 Å². The van der Waals surface area contributed by atoms with Crippen molar-refractivity contribution in [3.63, 3.8) is 0 Å². The van der Waals surface area contributed by atoms with Crippen molar-refractivity contribution in [2.24, 2.45) is 11.3 Å². The molecule has 182 valence electrons. The molecule has 1 aromatic carbocycles. The van der Waals surface area contributed by atoms with Crippen molar-refractivity contribution in [2.45, 2.75) is 65.1 Å². The Balaban J connectivity index is 1.65. The molecule has 1 heterocycles. The van der Waals surface area contributed by atoms with Crippen LogP contribution in [0.2, 0.25) is 0 Å². The molecule has 3 atom stereocenters. The molecule has 2 N–H and O–H groups in total. The lowest BCUT2D eigenvalue weighted by atomic mass is 9.95. The van der Waals surface area contributed by atoms with E-state index < -0.39 is 6.10 Å². The van der Waals surface area contributed by atoms with Gasteiger partial charge in [-0.1, -0.05) is 63.3 Å². The first kappa shape index (κ1) is 26.6. The lowest BCUT2D eigenvalue weighted by Crippen LogP contribution is -2.43. The third-order valence-corrected chi connectivity index (χ3v) is 5.47. The molecule has 7 heteroatoms. The van der Waals surface area contributed by atoms with Crippen LogP contribution in [0, 0.1) is 11.3 Å². The Kier molecular flexibility index (Phi) is 10.6. The Bertz CT molecular complexity index is 801. The number of esters is 1. The van der Waals surface area contributed by atoms with Crippen LogP contribution in [0.1, 0.15) is 52.0 Å². The first-order valence-electron chi connectivity index (χ1n) is 11.7. The fourth-order valence-electron chi connectivity index (χ4n) is 3.70. The minimum absolute atomic E-state index is 0.142. The van der Waals surface area contributed by atoms with Crippen LogP contribution in [0.4, 0.5) is 0 Å². The van der Waals surface area contributed by atoms with Crippen LogP contribution >= 0.6 is 0 Å². The lowest BCUT2D eigenvalue weighted by molar-refractivity contribution is -0.144. The average Bonchev–Trinajstić information content (AvgIpc) is 3.12. The molecular weight excluding hydrogens is 420 g/mol. The highest BCUT2D eigenvalue weighted by Gasteiger charge is 2.34. The molecule has 1 saturated heterocycles. The minimum Gasteiger partial charge on any atom is -0.460 e. The number of amides is 2. The molecule has 2 amide bonds. The maximum absolute atomic E-state index is 12.3. The van der Waals surface area contributed by atoms with Crippen molar-refractivity contribution in [1.29, 1.82) is 0 Å². The second kappa shape index (κ2) is 13.1. The fourth-order valence-corrected chi connectivity index (χ4v) is 3.70. The molecule has 0 aliphatic carbocycles. The molecule has 1 aliphatic rings. The zero-order valence-corrected chi connectivity index (χ0v) is 20.3. The number of benzene rings is 1. The monoisotopic (exact) mass is 458 g/mol. The number of unbranched alkanes of at least 4 members (excludes halogenated alkanes) is 1. The molecular formula is C26H38N2O5. The highest BCUT2D eigenvalue weighted by molar-refractivity contribution is 5.86. The number of methoxy groups -OCH3 is 1. The van der Waals surface area contributed by atoms with E-state index in [-0.39, 0.29) is 48.3 Å². The lowest BCUT2D eigenvalue weighted by Gasteiger charge is -2.16.